The largest absolute Gasteiger partial charge is 0.491 e. The Labute approximate surface area is 174 Å². The standard InChI is InChI=1S/C24H34N2O3/c1-18-17-29-21-11-3-2-7-19(21)8-4-5-12-24(23(28)25-18)13-15-26(16-14-24)22(27)20-9-6-10-20/h2-3,7,11,18,20H,4-6,8-10,12-17H2,1H3,(H,25,28)/t18-/m1/s1. The minimum atomic E-state index is -0.344. The zero-order valence-electron chi connectivity index (χ0n) is 17.6. The molecule has 2 aliphatic heterocycles. The first-order valence-corrected chi connectivity index (χ1v) is 11.4. The summed E-state index contributed by atoms with van der Waals surface area (Å²) in [4.78, 5) is 27.9. The van der Waals surface area contributed by atoms with Crippen molar-refractivity contribution < 1.29 is 14.3 Å². The molecule has 1 aromatic rings. The van der Waals surface area contributed by atoms with Crippen LogP contribution in [0.25, 0.3) is 0 Å². The van der Waals surface area contributed by atoms with Gasteiger partial charge in [-0.1, -0.05) is 31.0 Å². The summed E-state index contributed by atoms with van der Waals surface area (Å²) in [6.45, 7) is 3.92. The van der Waals surface area contributed by atoms with Gasteiger partial charge in [-0.15, -0.1) is 0 Å². The predicted octanol–water partition coefficient (Wildman–Crippen LogP) is 3.71. The molecule has 0 radical (unpaired) electrons. The molecule has 1 aliphatic carbocycles. The van der Waals surface area contributed by atoms with E-state index in [0.29, 0.717) is 12.5 Å². The minimum absolute atomic E-state index is 0.0403. The maximum atomic E-state index is 13.3. The third-order valence-electron chi connectivity index (χ3n) is 7.16. The van der Waals surface area contributed by atoms with Gasteiger partial charge >= 0.3 is 0 Å². The first-order valence-electron chi connectivity index (χ1n) is 11.4. The van der Waals surface area contributed by atoms with E-state index in [2.05, 4.69) is 17.4 Å². The van der Waals surface area contributed by atoms with Gasteiger partial charge in [0.05, 0.1) is 11.5 Å². The van der Waals surface area contributed by atoms with Crippen LogP contribution in [-0.2, 0) is 16.0 Å². The number of aryl methyl sites for hydroxylation is 1. The molecule has 0 aromatic heterocycles. The molecular weight excluding hydrogens is 364 g/mol. The van der Waals surface area contributed by atoms with Gasteiger partial charge in [0.2, 0.25) is 11.8 Å². The van der Waals surface area contributed by atoms with Crippen molar-refractivity contribution in [3.05, 3.63) is 29.8 Å². The van der Waals surface area contributed by atoms with E-state index in [9.17, 15) is 9.59 Å². The quantitative estimate of drug-likeness (QED) is 0.785. The second kappa shape index (κ2) is 8.76. The second-order valence-corrected chi connectivity index (χ2v) is 9.23. The molecule has 0 bridgehead atoms. The number of piperidine rings is 1. The lowest BCUT2D eigenvalue weighted by Gasteiger charge is -2.43. The number of amides is 2. The molecule has 2 heterocycles. The van der Waals surface area contributed by atoms with Crippen LogP contribution in [0.2, 0.25) is 0 Å². The number of benzene rings is 1. The van der Waals surface area contributed by atoms with E-state index in [1.807, 2.05) is 24.0 Å². The number of fused-ring (bicyclic) bond motifs is 1. The maximum Gasteiger partial charge on any atom is 0.226 e. The highest BCUT2D eigenvalue weighted by atomic mass is 16.5. The molecule has 1 atom stereocenters. The monoisotopic (exact) mass is 398 g/mol. The molecule has 3 aliphatic rings. The molecular formula is C24H34N2O3. The van der Waals surface area contributed by atoms with Crippen LogP contribution in [-0.4, -0.2) is 42.5 Å². The molecule has 0 unspecified atom stereocenters. The molecule has 2 amide bonds. The first-order chi connectivity index (χ1) is 14.1. The van der Waals surface area contributed by atoms with Crippen LogP contribution in [0.4, 0.5) is 0 Å². The van der Waals surface area contributed by atoms with Gasteiger partial charge in [0.25, 0.3) is 0 Å². The molecule has 5 nitrogen and oxygen atoms in total. The van der Waals surface area contributed by atoms with E-state index >= 15 is 0 Å². The number of nitrogens with one attached hydrogen (secondary N) is 1. The summed E-state index contributed by atoms with van der Waals surface area (Å²) in [7, 11) is 0. The van der Waals surface area contributed by atoms with Gasteiger partial charge < -0.3 is 15.0 Å². The zero-order chi connectivity index (χ0) is 20.3. The fourth-order valence-electron chi connectivity index (χ4n) is 4.92. The summed E-state index contributed by atoms with van der Waals surface area (Å²) < 4.78 is 6.02. The highest BCUT2D eigenvalue weighted by Gasteiger charge is 2.43. The van der Waals surface area contributed by atoms with E-state index < -0.39 is 0 Å². The summed E-state index contributed by atoms with van der Waals surface area (Å²) in [5, 5.41) is 3.21. The molecule has 29 heavy (non-hydrogen) atoms. The average Bonchev–Trinajstić information content (AvgIpc) is 2.68. The van der Waals surface area contributed by atoms with Crippen LogP contribution in [0.15, 0.2) is 24.3 Å². The van der Waals surface area contributed by atoms with Crippen LogP contribution in [0.3, 0.4) is 0 Å². The van der Waals surface area contributed by atoms with Crippen molar-refractivity contribution in [1.82, 2.24) is 10.2 Å². The Morgan fingerprint density at radius 2 is 1.86 bits per heavy atom. The number of carbonyl (C=O) groups excluding carboxylic acids is 2. The highest BCUT2D eigenvalue weighted by Crippen LogP contribution is 2.39. The summed E-state index contributed by atoms with van der Waals surface area (Å²) in [6.07, 6.45) is 8.78. The van der Waals surface area contributed by atoms with Gasteiger partial charge in [-0.3, -0.25) is 9.59 Å². The van der Waals surface area contributed by atoms with Crippen LogP contribution in [0.1, 0.15) is 63.9 Å². The number of nitrogens with zero attached hydrogens (tertiary/aromatic N) is 1. The number of carbonyl (C=O) groups is 2. The van der Waals surface area contributed by atoms with Crippen LogP contribution >= 0.6 is 0 Å². The third kappa shape index (κ3) is 4.44. The molecule has 2 fully saturated rings. The summed E-state index contributed by atoms with van der Waals surface area (Å²) in [5.74, 6) is 1.65. The normalized spacial score (nSPS) is 25.6. The first kappa shape index (κ1) is 20.2. The SMILES string of the molecule is C[C@@H]1COc2ccccc2CCCCC2(CCN(C(=O)C3CCC3)CC2)C(=O)N1. The zero-order valence-corrected chi connectivity index (χ0v) is 17.6. The Balaban J connectivity index is 1.43. The van der Waals surface area contributed by atoms with Gasteiger partial charge in [0, 0.05) is 19.0 Å². The van der Waals surface area contributed by atoms with E-state index in [0.717, 1.165) is 70.2 Å². The van der Waals surface area contributed by atoms with E-state index in [4.69, 9.17) is 4.74 Å². The molecule has 1 saturated heterocycles. The Morgan fingerprint density at radius 1 is 1.10 bits per heavy atom. The number of hydrogen-bond acceptors (Lipinski definition) is 3. The van der Waals surface area contributed by atoms with Crippen molar-refractivity contribution in [3.63, 3.8) is 0 Å². The van der Waals surface area contributed by atoms with E-state index in [1.165, 1.54) is 12.0 Å². The smallest absolute Gasteiger partial charge is 0.226 e. The number of hydrogen-bond donors (Lipinski definition) is 1. The van der Waals surface area contributed by atoms with Gasteiger partial charge in [-0.2, -0.15) is 0 Å². The molecule has 5 heteroatoms. The Hall–Kier alpha value is -2.04. The minimum Gasteiger partial charge on any atom is -0.491 e. The second-order valence-electron chi connectivity index (χ2n) is 9.23. The molecule has 158 valence electrons. The van der Waals surface area contributed by atoms with E-state index in [1.54, 1.807) is 0 Å². The molecule has 1 spiro atoms. The van der Waals surface area contributed by atoms with Crippen molar-refractivity contribution in [2.45, 2.75) is 70.8 Å². The topological polar surface area (TPSA) is 58.6 Å². The fraction of sp³-hybridized carbons (Fsp3) is 0.667. The average molecular weight is 399 g/mol. The third-order valence-corrected chi connectivity index (χ3v) is 7.16. The van der Waals surface area contributed by atoms with Gasteiger partial charge in [0.1, 0.15) is 12.4 Å². The lowest BCUT2D eigenvalue weighted by Crippen LogP contribution is -2.53. The number of rotatable bonds is 1. The molecule has 4 rings (SSSR count). The number of likely N-dealkylation sites (tertiary alicyclic amines) is 1. The van der Waals surface area contributed by atoms with Gasteiger partial charge in [0.15, 0.2) is 0 Å². The van der Waals surface area contributed by atoms with Crippen molar-refractivity contribution in [1.29, 1.82) is 0 Å². The lowest BCUT2D eigenvalue weighted by atomic mass is 9.72. The maximum absolute atomic E-state index is 13.3. The van der Waals surface area contributed by atoms with Crippen LogP contribution in [0, 0.1) is 11.3 Å². The lowest BCUT2D eigenvalue weighted by molar-refractivity contribution is -0.145. The van der Waals surface area contributed by atoms with Gasteiger partial charge in [-0.05, 0) is 63.5 Å². The Morgan fingerprint density at radius 3 is 2.59 bits per heavy atom. The summed E-state index contributed by atoms with van der Waals surface area (Å²) >= 11 is 0. The fourth-order valence-corrected chi connectivity index (χ4v) is 4.92. The van der Waals surface area contributed by atoms with Crippen molar-refractivity contribution >= 4 is 11.8 Å². The van der Waals surface area contributed by atoms with Crippen LogP contribution in [0.5, 0.6) is 5.75 Å². The Kier molecular flexibility index (Phi) is 6.12. The Bertz CT molecular complexity index is 735. The molecule has 1 N–H and O–H groups in total. The van der Waals surface area contributed by atoms with Crippen molar-refractivity contribution in [3.8, 4) is 5.75 Å². The van der Waals surface area contributed by atoms with Crippen molar-refractivity contribution in [2.75, 3.05) is 19.7 Å². The van der Waals surface area contributed by atoms with Crippen molar-refractivity contribution in [2.24, 2.45) is 11.3 Å². The number of para-hydroxylation sites is 1. The summed E-state index contributed by atoms with van der Waals surface area (Å²) in [5.41, 5.74) is 0.908. The van der Waals surface area contributed by atoms with Crippen LogP contribution < -0.4 is 10.1 Å². The summed E-state index contributed by atoms with van der Waals surface area (Å²) in [6, 6.07) is 8.19. The molecule has 1 aromatic carbocycles. The molecule has 1 saturated carbocycles. The highest BCUT2D eigenvalue weighted by molar-refractivity contribution is 5.84. The van der Waals surface area contributed by atoms with E-state index in [-0.39, 0.29) is 23.3 Å². The predicted molar refractivity (Wildman–Crippen MR) is 113 cm³/mol. The number of ether oxygens (including phenoxy) is 1. The van der Waals surface area contributed by atoms with Gasteiger partial charge in [-0.25, -0.2) is 0 Å².